The molecule has 0 spiro atoms. The van der Waals surface area contributed by atoms with E-state index in [9.17, 15) is 14.9 Å². The fourth-order valence-corrected chi connectivity index (χ4v) is 2.98. The van der Waals surface area contributed by atoms with Gasteiger partial charge in [0.15, 0.2) is 0 Å². The van der Waals surface area contributed by atoms with Crippen LogP contribution in [0.2, 0.25) is 0 Å². The van der Waals surface area contributed by atoms with Gasteiger partial charge in [-0.2, -0.15) is 0 Å². The largest absolute Gasteiger partial charge is 0.342 e. The average Bonchev–Trinajstić information content (AvgIpc) is 2.53. The molecule has 1 aliphatic heterocycles. The lowest BCUT2D eigenvalue weighted by molar-refractivity contribution is -0.384. The molecule has 1 saturated heterocycles. The van der Waals surface area contributed by atoms with Crippen LogP contribution in [0.1, 0.15) is 24.8 Å². The standard InChI is InChI=1S/C16H23N3O3/c1-17-11-14-5-3-9-18(12-14)16(20)8-7-13-4-2-6-15(10-13)19(21)22/h2,4,6,10,14,17H,3,5,7-9,11-12H2,1H3. The molecule has 1 aromatic rings. The zero-order valence-electron chi connectivity index (χ0n) is 13.0. The number of piperidine rings is 1. The number of hydrogen-bond acceptors (Lipinski definition) is 4. The van der Waals surface area contributed by atoms with Crippen molar-refractivity contribution in [1.29, 1.82) is 0 Å². The summed E-state index contributed by atoms with van der Waals surface area (Å²) in [5.41, 5.74) is 0.920. The summed E-state index contributed by atoms with van der Waals surface area (Å²) >= 11 is 0. The van der Waals surface area contributed by atoms with Gasteiger partial charge in [-0.25, -0.2) is 0 Å². The van der Waals surface area contributed by atoms with Crippen LogP contribution >= 0.6 is 0 Å². The summed E-state index contributed by atoms with van der Waals surface area (Å²) < 4.78 is 0. The maximum Gasteiger partial charge on any atom is 0.269 e. The number of rotatable bonds is 6. The third-order valence-electron chi connectivity index (χ3n) is 4.11. The lowest BCUT2D eigenvalue weighted by Gasteiger charge is -2.32. The van der Waals surface area contributed by atoms with E-state index in [1.807, 2.05) is 18.0 Å². The van der Waals surface area contributed by atoms with Gasteiger partial charge in [-0.1, -0.05) is 12.1 Å². The molecule has 1 aromatic carbocycles. The summed E-state index contributed by atoms with van der Waals surface area (Å²) in [6.45, 7) is 2.58. The molecule has 1 aliphatic rings. The van der Waals surface area contributed by atoms with Crippen molar-refractivity contribution in [3.8, 4) is 0 Å². The molecule has 2 rings (SSSR count). The highest BCUT2D eigenvalue weighted by Crippen LogP contribution is 2.18. The number of hydrogen-bond donors (Lipinski definition) is 1. The van der Waals surface area contributed by atoms with E-state index in [0.29, 0.717) is 18.8 Å². The van der Waals surface area contributed by atoms with Crippen LogP contribution in [0.5, 0.6) is 0 Å². The Morgan fingerprint density at radius 3 is 3.05 bits per heavy atom. The van der Waals surface area contributed by atoms with Crippen LogP contribution < -0.4 is 5.32 Å². The van der Waals surface area contributed by atoms with Gasteiger partial charge in [0.2, 0.25) is 5.91 Å². The minimum atomic E-state index is -0.404. The molecule has 1 atom stereocenters. The quantitative estimate of drug-likeness (QED) is 0.644. The second-order valence-corrected chi connectivity index (χ2v) is 5.83. The zero-order valence-corrected chi connectivity index (χ0v) is 13.0. The average molecular weight is 305 g/mol. The number of nitro groups is 1. The first kappa shape index (κ1) is 16.4. The molecule has 6 heteroatoms. The van der Waals surface area contributed by atoms with Crippen molar-refractivity contribution in [3.63, 3.8) is 0 Å². The van der Waals surface area contributed by atoms with Gasteiger partial charge in [-0.3, -0.25) is 14.9 Å². The summed E-state index contributed by atoms with van der Waals surface area (Å²) in [4.78, 5) is 24.6. The van der Waals surface area contributed by atoms with Crippen LogP contribution in [0.25, 0.3) is 0 Å². The number of benzene rings is 1. The lowest BCUT2D eigenvalue weighted by Crippen LogP contribution is -2.42. The molecule has 0 aliphatic carbocycles. The maximum atomic E-state index is 12.3. The Bertz CT molecular complexity index is 531. The molecule has 1 N–H and O–H groups in total. The first-order valence-electron chi connectivity index (χ1n) is 7.76. The SMILES string of the molecule is CNCC1CCCN(C(=O)CCc2cccc([N+](=O)[O-])c2)C1. The van der Waals surface area contributed by atoms with Gasteiger partial charge in [0.25, 0.3) is 5.69 Å². The number of amides is 1. The second-order valence-electron chi connectivity index (χ2n) is 5.83. The van der Waals surface area contributed by atoms with E-state index < -0.39 is 4.92 Å². The molecule has 22 heavy (non-hydrogen) atoms. The predicted molar refractivity (Wildman–Crippen MR) is 84.6 cm³/mol. The Balaban J connectivity index is 1.87. The maximum absolute atomic E-state index is 12.3. The monoisotopic (exact) mass is 305 g/mol. The van der Waals surface area contributed by atoms with Crippen molar-refractivity contribution in [3.05, 3.63) is 39.9 Å². The first-order valence-corrected chi connectivity index (χ1v) is 7.76. The third kappa shape index (κ3) is 4.53. The Kier molecular flexibility index (Phi) is 5.89. The van der Waals surface area contributed by atoms with Gasteiger partial charge in [0.1, 0.15) is 0 Å². The normalized spacial score (nSPS) is 18.2. The highest BCUT2D eigenvalue weighted by atomic mass is 16.6. The number of nitro benzene ring substituents is 1. The number of aryl methyl sites for hydroxylation is 1. The smallest absolute Gasteiger partial charge is 0.269 e. The van der Waals surface area contributed by atoms with Gasteiger partial charge >= 0.3 is 0 Å². The zero-order chi connectivity index (χ0) is 15.9. The Morgan fingerprint density at radius 2 is 2.32 bits per heavy atom. The van der Waals surface area contributed by atoms with Crippen molar-refractivity contribution >= 4 is 11.6 Å². The molecule has 0 aromatic heterocycles. The number of non-ortho nitro benzene ring substituents is 1. The van der Waals surface area contributed by atoms with Crippen LogP contribution in [0.15, 0.2) is 24.3 Å². The minimum absolute atomic E-state index is 0.0806. The van der Waals surface area contributed by atoms with Gasteiger partial charge < -0.3 is 10.2 Å². The number of nitrogens with zero attached hydrogens (tertiary/aromatic N) is 2. The molecule has 0 bridgehead atoms. The number of likely N-dealkylation sites (tertiary alicyclic amines) is 1. The molecule has 1 heterocycles. The lowest BCUT2D eigenvalue weighted by atomic mass is 9.97. The van der Waals surface area contributed by atoms with E-state index in [1.54, 1.807) is 12.1 Å². The molecular formula is C16H23N3O3. The van der Waals surface area contributed by atoms with E-state index in [2.05, 4.69) is 5.32 Å². The van der Waals surface area contributed by atoms with Crippen LogP contribution in [0.4, 0.5) is 5.69 Å². The fourth-order valence-electron chi connectivity index (χ4n) is 2.98. The molecule has 120 valence electrons. The van der Waals surface area contributed by atoms with Crippen molar-refractivity contribution in [2.45, 2.75) is 25.7 Å². The van der Waals surface area contributed by atoms with Gasteiger partial charge in [-0.05, 0) is 44.3 Å². The van der Waals surface area contributed by atoms with Crippen molar-refractivity contribution < 1.29 is 9.72 Å². The van der Waals surface area contributed by atoms with Crippen LogP contribution in [0, 0.1) is 16.0 Å². The van der Waals surface area contributed by atoms with Crippen LogP contribution in [0.3, 0.4) is 0 Å². The Morgan fingerprint density at radius 1 is 1.50 bits per heavy atom. The first-order chi connectivity index (χ1) is 10.6. The van der Waals surface area contributed by atoms with E-state index in [-0.39, 0.29) is 11.6 Å². The molecule has 1 amide bonds. The van der Waals surface area contributed by atoms with Gasteiger partial charge in [0, 0.05) is 31.6 Å². The number of carbonyl (C=O) groups is 1. The number of carbonyl (C=O) groups excluding carboxylic acids is 1. The fraction of sp³-hybridized carbons (Fsp3) is 0.562. The number of nitrogens with one attached hydrogen (secondary N) is 1. The molecule has 0 saturated carbocycles. The van der Waals surface area contributed by atoms with Crippen molar-refractivity contribution in [1.82, 2.24) is 10.2 Å². The molecule has 1 unspecified atom stereocenters. The Labute approximate surface area is 130 Å². The highest BCUT2D eigenvalue weighted by molar-refractivity contribution is 5.76. The molecule has 0 radical (unpaired) electrons. The molecule has 6 nitrogen and oxygen atoms in total. The summed E-state index contributed by atoms with van der Waals surface area (Å²) in [6, 6.07) is 6.52. The van der Waals surface area contributed by atoms with Gasteiger partial charge in [-0.15, -0.1) is 0 Å². The van der Waals surface area contributed by atoms with E-state index in [4.69, 9.17) is 0 Å². The van der Waals surface area contributed by atoms with E-state index in [0.717, 1.165) is 38.0 Å². The summed E-state index contributed by atoms with van der Waals surface area (Å²) in [7, 11) is 1.93. The minimum Gasteiger partial charge on any atom is -0.342 e. The molecular weight excluding hydrogens is 282 g/mol. The Hall–Kier alpha value is -1.95. The van der Waals surface area contributed by atoms with E-state index >= 15 is 0 Å². The van der Waals surface area contributed by atoms with Crippen LogP contribution in [-0.2, 0) is 11.2 Å². The van der Waals surface area contributed by atoms with Crippen molar-refractivity contribution in [2.75, 3.05) is 26.7 Å². The molecule has 1 fully saturated rings. The topological polar surface area (TPSA) is 75.5 Å². The highest BCUT2D eigenvalue weighted by Gasteiger charge is 2.22. The predicted octanol–water partition coefficient (Wildman–Crippen LogP) is 1.99. The van der Waals surface area contributed by atoms with Crippen molar-refractivity contribution in [2.24, 2.45) is 5.92 Å². The second kappa shape index (κ2) is 7.89. The van der Waals surface area contributed by atoms with Crippen LogP contribution in [-0.4, -0.2) is 42.4 Å². The van der Waals surface area contributed by atoms with E-state index in [1.165, 1.54) is 6.07 Å². The summed E-state index contributed by atoms with van der Waals surface area (Å²) in [5.74, 6) is 0.674. The third-order valence-corrected chi connectivity index (χ3v) is 4.11. The van der Waals surface area contributed by atoms with Gasteiger partial charge in [0.05, 0.1) is 4.92 Å². The summed E-state index contributed by atoms with van der Waals surface area (Å²) in [5, 5.41) is 13.9. The summed E-state index contributed by atoms with van der Waals surface area (Å²) in [6.07, 6.45) is 3.17.